The molecule has 0 spiro atoms. The molecule has 0 radical (unpaired) electrons. The van der Waals surface area contributed by atoms with E-state index < -0.39 is 0 Å². The number of carbonyl (C=O) groups excluding carboxylic acids is 1. The molecule has 3 heteroatoms. The lowest BCUT2D eigenvalue weighted by Crippen LogP contribution is -2.29. The molecule has 0 bridgehead atoms. The summed E-state index contributed by atoms with van der Waals surface area (Å²) in [6.45, 7) is 9.15. The Hall–Kier alpha value is -1.35. The maximum absolute atomic E-state index is 12.7. The second-order valence-corrected chi connectivity index (χ2v) is 5.94. The van der Waals surface area contributed by atoms with Gasteiger partial charge in [-0.15, -0.1) is 0 Å². The maximum atomic E-state index is 12.7. The van der Waals surface area contributed by atoms with Crippen LogP contribution in [0.1, 0.15) is 41.3 Å². The van der Waals surface area contributed by atoms with Crippen molar-refractivity contribution >= 4 is 5.78 Å². The summed E-state index contributed by atoms with van der Waals surface area (Å²) in [5.74, 6) is 0.942. The first-order chi connectivity index (χ1) is 9.52. The van der Waals surface area contributed by atoms with Crippen LogP contribution in [0.3, 0.4) is 0 Å². The lowest BCUT2D eigenvalue weighted by molar-refractivity contribution is 0.0899. The molecule has 20 heavy (non-hydrogen) atoms. The van der Waals surface area contributed by atoms with E-state index in [4.69, 9.17) is 4.74 Å². The van der Waals surface area contributed by atoms with Crippen LogP contribution in [0.4, 0.5) is 0 Å². The summed E-state index contributed by atoms with van der Waals surface area (Å²) in [5, 5.41) is 0. The van der Waals surface area contributed by atoms with Crippen molar-refractivity contribution in [1.82, 2.24) is 4.90 Å². The fourth-order valence-corrected chi connectivity index (χ4v) is 3.11. The maximum Gasteiger partial charge on any atom is 0.170 e. The molecule has 0 aromatic heterocycles. The van der Waals surface area contributed by atoms with Gasteiger partial charge in [0.1, 0.15) is 5.75 Å². The first-order valence-corrected chi connectivity index (χ1v) is 7.44. The molecule has 1 saturated heterocycles. The van der Waals surface area contributed by atoms with E-state index in [1.54, 1.807) is 7.11 Å². The molecule has 110 valence electrons. The molecule has 1 aromatic rings. The average molecular weight is 275 g/mol. The monoisotopic (exact) mass is 275 g/mol. The summed E-state index contributed by atoms with van der Waals surface area (Å²) in [5.41, 5.74) is 2.88. The second kappa shape index (κ2) is 6.40. The molecular weight excluding hydrogens is 250 g/mol. The highest BCUT2D eigenvalue weighted by Gasteiger charge is 2.23. The van der Waals surface area contributed by atoms with Crippen LogP contribution in [0, 0.1) is 19.8 Å². The topological polar surface area (TPSA) is 29.5 Å². The average Bonchev–Trinajstić information content (AvgIpc) is 2.89. The largest absolute Gasteiger partial charge is 0.496 e. The van der Waals surface area contributed by atoms with Crippen molar-refractivity contribution in [3.63, 3.8) is 0 Å². The number of aryl methyl sites for hydroxylation is 2. The molecule has 3 nitrogen and oxygen atoms in total. The summed E-state index contributed by atoms with van der Waals surface area (Å²) >= 11 is 0. The molecular formula is C17H25NO2. The molecule has 2 rings (SSSR count). The van der Waals surface area contributed by atoms with E-state index in [1.807, 2.05) is 26.8 Å². The van der Waals surface area contributed by atoms with E-state index in [9.17, 15) is 4.79 Å². The Morgan fingerprint density at radius 2 is 1.95 bits per heavy atom. The Morgan fingerprint density at radius 3 is 2.55 bits per heavy atom. The van der Waals surface area contributed by atoms with E-state index in [2.05, 4.69) is 11.0 Å². The fraction of sp³-hybridized carbons (Fsp3) is 0.588. The SMILES string of the molecule is COc1c(C)cc(C)cc1C(=O)C(C)CN1CCCC1. The third-order valence-corrected chi connectivity index (χ3v) is 4.07. The zero-order chi connectivity index (χ0) is 14.7. The summed E-state index contributed by atoms with van der Waals surface area (Å²) in [6.07, 6.45) is 2.52. The first-order valence-electron chi connectivity index (χ1n) is 7.44. The molecule has 1 aromatic carbocycles. The van der Waals surface area contributed by atoms with Gasteiger partial charge in [-0.25, -0.2) is 0 Å². The summed E-state index contributed by atoms with van der Waals surface area (Å²) in [4.78, 5) is 15.1. The van der Waals surface area contributed by atoms with E-state index in [0.29, 0.717) is 0 Å². The van der Waals surface area contributed by atoms with E-state index in [1.165, 1.54) is 12.8 Å². The van der Waals surface area contributed by atoms with Crippen molar-refractivity contribution in [2.45, 2.75) is 33.6 Å². The smallest absolute Gasteiger partial charge is 0.170 e. The number of likely N-dealkylation sites (tertiary alicyclic amines) is 1. The summed E-state index contributed by atoms with van der Waals surface area (Å²) in [7, 11) is 1.64. The highest BCUT2D eigenvalue weighted by molar-refractivity contribution is 6.00. The van der Waals surface area contributed by atoms with Gasteiger partial charge in [-0.3, -0.25) is 4.79 Å². The van der Waals surface area contributed by atoms with Gasteiger partial charge in [0.05, 0.1) is 12.7 Å². The van der Waals surface area contributed by atoms with Gasteiger partial charge in [0.15, 0.2) is 5.78 Å². The zero-order valence-corrected chi connectivity index (χ0v) is 13.0. The number of carbonyl (C=O) groups is 1. The number of benzene rings is 1. The Bertz CT molecular complexity index is 490. The van der Waals surface area contributed by atoms with Crippen LogP contribution in [-0.2, 0) is 0 Å². The van der Waals surface area contributed by atoms with Gasteiger partial charge < -0.3 is 9.64 Å². The standard InChI is InChI=1S/C17H25NO2/c1-12-9-13(2)17(20-4)15(10-12)16(19)14(3)11-18-7-5-6-8-18/h9-10,14H,5-8,11H2,1-4H3. The normalized spacial score (nSPS) is 17.2. The molecule has 0 saturated carbocycles. The van der Waals surface area contributed by atoms with Gasteiger partial charge >= 0.3 is 0 Å². The number of rotatable bonds is 5. The number of hydrogen-bond donors (Lipinski definition) is 0. The van der Waals surface area contributed by atoms with E-state index in [-0.39, 0.29) is 11.7 Å². The molecule has 0 amide bonds. The molecule has 1 fully saturated rings. The molecule has 1 aliphatic rings. The van der Waals surface area contributed by atoms with Crippen LogP contribution >= 0.6 is 0 Å². The van der Waals surface area contributed by atoms with Crippen LogP contribution < -0.4 is 4.74 Å². The number of hydrogen-bond acceptors (Lipinski definition) is 3. The Balaban J connectivity index is 2.19. The van der Waals surface area contributed by atoms with Crippen LogP contribution in [0.5, 0.6) is 5.75 Å². The highest BCUT2D eigenvalue weighted by atomic mass is 16.5. The molecule has 0 aliphatic carbocycles. The fourth-order valence-electron chi connectivity index (χ4n) is 3.11. The highest BCUT2D eigenvalue weighted by Crippen LogP contribution is 2.27. The predicted molar refractivity (Wildman–Crippen MR) is 81.6 cm³/mol. The Morgan fingerprint density at radius 1 is 1.30 bits per heavy atom. The number of ketones is 1. The van der Waals surface area contributed by atoms with Crippen molar-refractivity contribution in [1.29, 1.82) is 0 Å². The third-order valence-electron chi connectivity index (χ3n) is 4.07. The molecule has 1 unspecified atom stereocenters. The molecule has 1 heterocycles. The van der Waals surface area contributed by atoms with Crippen LogP contribution in [-0.4, -0.2) is 37.4 Å². The lowest BCUT2D eigenvalue weighted by atomic mass is 9.94. The summed E-state index contributed by atoms with van der Waals surface area (Å²) in [6, 6.07) is 4.01. The van der Waals surface area contributed by atoms with Crippen molar-refractivity contribution in [3.8, 4) is 5.75 Å². The number of ether oxygens (including phenoxy) is 1. The molecule has 1 atom stereocenters. The second-order valence-electron chi connectivity index (χ2n) is 5.94. The summed E-state index contributed by atoms with van der Waals surface area (Å²) < 4.78 is 5.44. The third kappa shape index (κ3) is 3.21. The van der Waals surface area contributed by atoms with Gasteiger partial charge in [0.2, 0.25) is 0 Å². The van der Waals surface area contributed by atoms with Crippen LogP contribution in [0.2, 0.25) is 0 Å². The minimum atomic E-state index is 0.0169. The van der Waals surface area contributed by atoms with Gasteiger partial charge in [-0.2, -0.15) is 0 Å². The lowest BCUT2D eigenvalue weighted by Gasteiger charge is -2.21. The van der Waals surface area contributed by atoms with Crippen molar-refractivity contribution < 1.29 is 9.53 Å². The van der Waals surface area contributed by atoms with Gasteiger partial charge in [0, 0.05) is 12.5 Å². The van der Waals surface area contributed by atoms with Gasteiger partial charge in [-0.05, 0) is 57.0 Å². The van der Waals surface area contributed by atoms with Crippen molar-refractivity contribution in [2.24, 2.45) is 5.92 Å². The van der Waals surface area contributed by atoms with Gasteiger partial charge in [-0.1, -0.05) is 13.0 Å². The first kappa shape index (κ1) is 15.0. The van der Waals surface area contributed by atoms with E-state index in [0.717, 1.165) is 42.1 Å². The minimum Gasteiger partial charge on any atom is -0.496 e. The number of Topliss-reactive ketones (excluding diaryl/α,β-unsaturated/α-hetero) is 1. The number of methoxy groups -OCH3 is 1. The molecule has 1 aliphatic heterocycles. The predicted octanol–water partition coefficient (Wildman–Crippen LogP) is 3.23. The quantitative estimate of drug-likeness (QED) is 0.773. The molecule has 0 N–H and O–H groups in total. The zero-order valence-electron chi connectivity index (χ0n) is 13.0. The Labute approximate surface area is 121 Å². The van der Waals surface area contributed by atoms with Crippen LogP contribution in [0.15, 0.2) is 12.1 Å². The number of nitrogens with zero attached hydrogens (tertiary/aromatic N) is 1. The van der Waals surface area contributed by atoms with E-state index >= 15 is 0 Å². The van der Waals surface area contributed by atoms with Crippen molar-refractivity contribution in [3.05, 3.63) is 28.8 Å². The van der Waals surface area contributed by atoms with Crippen molar-refractivity contribution in [2.75, 3.05) is 26.7 Å². The van der Waals surface area contributed by atoms with Crippen LogP contribution in [0.25, 0.3) is 0 Å². The van der Waals surface area contributed by atoms with Gasteiger partial charge in [0.25, 0.3) is 0 Å². The minimum absolute atomic E-state index is 0.0169. The Kier molecular flexibility index (Phi) is 4.81.